The Bertz CT molecular complexity index is 1050. The van der Waals surface area contributed by atoms with Crippen LogP contribution in [0, 0.1) is 0 Å². The van der Waals surface area contributed by atoms with Gasteiger partial charge in [-0.15, -0.1) is 0 Å². The van der Waals surface area contributed by atoms with Gasteiger partial charge >= 0.3 is 0 Å². The van der Waals surface area contributed by atoms with Crippen molar-refractivity contribution in [2.24, 2.45) is 7.05 Å². The Morgan fingerprint density at radius 3 is 2.73 bits per heavy atom. The summed E-state index contributed by atoms with van der Waals surface area (Å²) < 4.78 is 3.65. The van der Waals surface area contributed by atoms with Gasteiger partial charge in [0.2, 0.25) is 0 Å². The molecule has 0 saturated carbocycles. The molecule has 0 atom stereocenters. The number of aryl methyl sites for hydroxylation is 2. The number of carbonyl (C=O) groups excluding carboxylic acids is 2. The lowest BCUT2D eigenvalue weighted by Crippen LogP contribution is -2.36. The van der Waals surface area contributed by atoms with Crippen molar-refractivity contribution in [3.05, 3.63) is 65.0 Å². The minimum atomic E-state index is -0.132. The van der Waals surface area contributed by atoms with E-state index in [2.05, 4.69) is 20.5 Å². The van der Waals surface area contributed by atoms with Crippen molar-refractivity contribution < 1.29 is 9.59 Å². The molecule has 156 valence electrons. The lowest BCUT2D eigenvalue weighted by molar-refractivity contribution is 0.0733. The van der Waals surface area contributed by atoms with Gasteiger partial charge in [-0.25, -0.2) is 0 Å². The molecule has 1 aliphatic rings. The second kappa shape index (κ2) is 8.48. The third-order valence-electron chi connectivity index (χ3n) is 5.41. The molecular weight excluding hydrogens is 382 g/mol. The van der Waals surface area contributed by atoms with E-state index in [4.69, 9.17) is 0 Å². The van der Waals surface area contributed by atoms with Crippen LogP contribution in [0.25, 0.3) is 0 Å². The van der Waals surface area contributed by atoms with Crippen molar-refractivity contribution in [3.63, 3.8) is 0 Å². The predicted molar refractivity (Wildman–Crippen MR) is 110 cm³/mol. The van der Waals surface area contributed by atoms with Crippen molar-refractivity contribution >= 4 is 11.8 Å². The highest BCUT2D eigenvalue weighted by atomic mass is 16.2. The Balaban J connectivity index is 1.42. The van der Waals surface area contributed by atoms with Crippen molar-refractivity contribution in [1.29, 1.82) is 0 Å². The fraction of sp³-hybridized carbons (Fsp3) is 0.381. The van der Waals surface area contributed by atoms with Gasteiger partial charge in [-0.05, 0) is 19.1 Å². The van der Waals surface area contributed by atoms with Crippen LogP contribution in [0.5, 0.6) is 0 Å². The van der Waals surface area contributed by atoms with Gasteiger partial charge < -0.3 is 10.2 Å². The molecule has 0 aromatic carbocycles. The van der Waals surface area contributed by atoms with Crippen LogP contribution in [0.3, 0.4) is 0 Å². The van der Waals surface area contributed by atoms with Crippen LogP contribution in [0.4, 0.5) is 0 Å². The molecule has 9 nitrogen and oxygen atoms in total. The minimum Gasteiger partial charge on any atom is -0.352 e. The van der Waals surface area contributed by atoms with Crippen LogP contribution in [-0.2, 0) is 33.0 Å². The number of pyridine rings is 1. The van der Waals surface area contributed by atoms with Gasteiger partial charge in [0.15, 0.2) is 0 Å². The zero-order valence-electron chi connectivity index (χ0n) is 17.2. The summed E-state index contributed by atoms with van der Waals surface area (Å²) in [5.74, 6) is -0.145. The fourth-order valence-corrected chi connectivity index (χ4v) is 3.77. The van der Waals surface area contributed by atoms with Gasteiger partial charge in [-0.2, -0.15) is 10.2 Å². The molecule has 2 amide bonds. The van der Waals surface area contributed by atoms with E-state index >= 15 is 0 Å². The minimum absolute atomic E-state index is 0.0128. The maximum Gasteiger partial charge on any atom is 0.257 e. The highest BCUT2D eigenvalue weighted by molar-refractivity contribution is 5.94. The molecular formula is C21H25N7O2. The quantitative estimate of drug-likeness (QED) is 0.662. The van der Waals surface area contributed by atoms with E-state index in [0.29, 0.717) is 37.2 Å². The Hall–Kier alpha value is -3.49. The number of nitrogens with one attached hydrogen (secondary N) is 1. The van der Waals surface area contributed by atoms with E-state index in [1.54, 1.807) is 41.6 Å². The number of aromatic nitrogens is 5. The maximum absolute atomic E-state index is 12.9. The standard InChI is InChI=1S/C21H25N7O2/c1-3-28-13-16(12-24-28)21(30)27-11-7-19-17(14-27)18(25-26(19)2)6-10-23-20(29)15-4-8-22-9-5-15/h4-5,8-9,12-13H,3,6-7,10-11,14H2,1-2H3,(H,23,29). The molecule has 4 heterocycles. The Morgan fingerprint density at radius 2 is 2.00 bits per heavy atom. The molecule has 3 aromatic rings. The highest BCUT2D eigenvalue weighted by Gasteiger charge is 2.27. The zero-order chi connectivity index (χ0) is 21.1. The van der Waals surface area contributed by atoms with Crippen molar-refractivity contribution in [1.82, 2.24) is 34.8 Å². The zero-order valence-corrected chi connectivity index (χ0v) is 17.2. The van der Waals surface area contributed by atoms with E-state index in [-0.39, 0.29) is 11.8 Å². The van der Waals surface area contributed by atoms with E-state index in [1.165, 1.54) is 0 Å². The largest absolute Gasteiger partial charge is 0.352 e. The lowest BCUT2D eigenvalue weighted by atomic mass is 10.0. The molecule has 0 aliphatic carbocycles. The first-order valence-electron chi connectivity index (χ1n) is 10.1. The number of carbonyl (C=O) groups is 2. The molecule has 3 aromatic heterocycles. The van der Waals surface area contributed by atoms with Crippen LogP contribution < -0.4 is 5.32 Å². The molecule has 0 bridgehead atoms. The monoisotopic (exact) mass is 407 g/mol. The summed E-state index contributed by atoms with van der Waals surface area (Å²) in [5.41, 5.74) is 4.34. The first-order valence-corrected chi connectivity index (χ1v) is 10.1. The molecule has 30 heavy (non-hydrogen) atoms. The molecule has 0 unspecified atom stereocenters. The molecule has 1 N–H and O–H groups in total. The molecule has 0 radical (unpaired) electrons. The van der Waals surface area contributed by atoms with E-state index < -0.39 is 0 Å². The average Bonchev–Trinajstić information content (AvgIpc) is 3.38. The molecule has 4 rings (SSSR count). The number of hydrogen-bond donors (Lipinski definition) is 1. The van der Waals surface area contributed by atoms with Gasteiger partial charge in [0, 0.05) is 81.5 Å². The summed E-state index contributed by atoms with van der Waals surface area (Å²) >= 11 is 0. The van der Waals surface area contributed by atoms with Crippen molar-refractivity contribution in [2.45, 2.75) is 32.9 Å². The van der Waals surface area contributed by atoms with Gasteiger partial charge in [-0.3, -0.25) is 23.9 Å². The Labute approximate surface area is 174 Å². The van der Waals surface area contributed by atoms with E-state index in [9.17, 15) is 9.59 Å². The number of hydrogen-bond acceptors (Lipinski definition) is 5. The summed E-state index contributed by atoms with van der Waals surface area (Å²) in [5, 5.41) is 11.8. The molecule has 0 saturated heterocycles. The second-order valence-electron chi connectivity index (χ2n) is 7.30. The van der Waals surface area contributed by atoms with Crippen molar-refractivity contribution in [2.75, 3.05) is 13.1 Å². The van der Waals surface area contributed by atoms with Gasteiger partial charge in [-0.1, -0.05) is 0 Å². The van der Waals surface area contributed by atoms with Crippen LogP contribution in [-0.4, -0.2) is 54.3 Å². The first-order chi connectivity index (χ1) is 14.6. The number of fused-ring (bicyclic) bond motifs is 1. The lowest BCUT2D eigenvalue weighted by Gasteiger charge is -2.27. The second-order valence-corrected chi connectivity index (χ2v) is 7.30. The summed E-state index contributed by atoms with van der Waals surface area (Å²) in [6.45, 7) is 4.37. The molecule has 0 fully saturated rings. The Kier molecular flexibility index (Phi) is 5.60. The van der Waals surface area contributed by atoms with Crippen LogP contribution >= 0.6 is 0 Å². The predicted octanol–water partition coefficient (Wildman–Crippen LogP) is 1.20. The summed E-state index contributed by atoms with van der Waals surface area (Å²) in [7, 11) is 1.93. The summed E-state index contributed by atoms with van der Waals surface area (Å²) in [6, 6.07) is 3.37. The average molecular weight is 407 g/mol. The SMILES string of the molecule is CCn1cc(C(=O)N2CCc3c(c(CCNC(=O)c4ccncc4)nn3C)C2)cn1. The van der Waals surface area contributed by atoms with Gasteiger partial charge in [0.1, 0.15) is 0 Å². The molecule has 0 spiro atoms. The number of rotatable bonds is 6. The topological polar surface area (TPSA) is 97.9 Å². The van der Waals surface area contributed by atoms with Gasteiger partial charge in [0.25, 0.3) is 11.8 Å². The van der Waals surface area contributed by atoms with Crippen LogP contribution in [0.1, 0.15) is 44.6 Å². The normalized spacial score (nSPS) is 13.2. The third-order valence-corrected chi connectivity index (χ3v) is 5.41. The fourth-order valence-electron chi connectivity index (χ4n) is 3.77. The highest BCUT2D eigenvalue weighted by Crippen LogP contribution is 2.23. The summed E-state index contributed by atoms with van der Waals surface area (Å²) in [4.78, 5) is 30.9. The summed E-state index contributed by atoms with van der Waals surface area (Å²) in [6.07, 6.45) is 7.97. The smallest absolute Gasteiger partial charge is 0.257 e. The number of nitrogens with zero attached hydrogens (tertiary/aromatic N) is 6. The maximum atomic E-state index is 12.9. The number of amides is 2. The Morgan fingerprint density at radius 1 is 1.20 bits per heavy atom. The van der Waals surface area contributed by atoms with E-state index in [0.717, 1.165) is 29.9 Å². The molecule has 1 aliphatic heterocycles. The molecule has 9 heteroatoms. The van der Waals surface area contributed by atoms with Crippen molar-refractivity contribution in [3.8, 4) is 0 Å². The van der Waals surface area contributed by atoms with Crippen LogP contribution in [0.2, 0.25) is 0 Å². The van der Waals surface area contributed by atoms with Gasteiger partial charge in [0.05, 0.1) is 17.5 Å². The van der Waals surface area contributed by atoms with Crippen LogP contribution in [0.15, 0.2) is 36.9 Å². The van der Waals surface area contributed by atoms with E-state index in [1.807, 2.05) is 23.6 Å². The third kappa shape index (κ3) is 3.96. The first kappa shape index (κ1) is 19.8.